The summed E-state index contributed by atoms with van der Waals surface area (Å²) in [5.74, 6) is 1.70. The lowest BCUT2D eigenvalue weighted by molar-refractivity contribution is -0.127. The van der Waals surface area contributed by atoms with Gasteiger partial charge in [0.2, 0.25) is 0 Å². The van der Waals surface area contributed by atoms with Crippen LogP contribution in [-0.2, 0) is 4.79 Å². The molecule has 1 aliphatic rings. The number of ketones is 1. The molecule has 1 nitrogen and oxygen atoms in total. The second kappa shape index (κ2) is 4.51. The molecule has 0 radical (unpaired) electrons. The van der Waals surface area contributed by atoms with Crippen LogP contribution in [-0.4, -0.2) is 5.78 Å². The first kappa shape index (κ1) is 12.5. The van der Waals surface area contributed by atoms with Gasteiger partial charge in [-0.3, -0.25) is 4.79 Å². The normalized spacial score (nSPS) is 35.7. The Labute approximate surface area is 93.9 Å². The fraction of sp³-hybridized carbons (Fsp3) is 0.786. The van der Waals surface area contributed by atoms with Gasteiger partial charge in [0.15, 0.2) is 5.78 Å². The van der Waals surface area contributed by atoms with Crippen molar-refractivity contribution in [3.05, 3.63) is 12.2 Å². The summed E-state index contributed by atoms with van der Waals surface area (Å²) >= 11 is 0. The molecule has 0 aromatic carbocycles. The number of allylic oxidation sites excluding steroid dienone is 2. The van der Waals surface area contributed by atoms with E-state index in [0.717, 1.165) is 0 Å². The summed E-state index contributed by atoms with van der Waals surface area (Å²) in [6.45, 7) is 10.9. The van der Waals surface area contributed by atoms with Crippen molar-refractivity contribution in [3.63, 3.8) is 0 Å². The van der Waals surface area contributed by atoms with E-state index in [1.54, 1.807) is 6.08 Å². The van der Waals surface area contributed by atoms with Gasteiger partial charge in [-0.1, -0.05) is 33.8 Å². The molecule has 1 fully saturated rings. The Kier molecular flexibility index (Phi) is 3.75. The van der Waals surface area contributed by atoms with E-state index in [1.165, 1.54) is 12.8 Å². The maximum Gasteiger partial charge on any atom is 0.159 e. The Bertz CT molecular complexity index is 263. The van der Waals surface area contributed by atoms with Gasteiger partial charge in [-0.15, -0.1) is 0 Å². The summed E-state index contributed by atoms with van der Waals surface area (Å²) in [5.41, 5.74) is 0.147. The van der Waals surface area contributed by atoms with Crippen molar-refractivity contribution < 1.29 is 4.79 Å². The van der Waals surface area contributed by atoms with Crippen LogP contribution < -0.4 is 0 Å². The van der Waals surface area contributed by atoms with E-state index in [0.29, 0.717) is 17.6 Å². The van der Waals surface area contributed by atoms with Crippen LogP contribution in [0.1, 0.15) is 47.5 Å². The predicted octanol–water partition coefficient (Wildman–Crippen LogP) is 3.84. The first-order valence-electron chi connectivity index (χ1n) is 6.07. The topological polar surface area (TPSA) is 17.1 Å². The molecule has 1 aliphatic carbocycles. The molecule has 0 bridgehead atoms. The second-order valence-electron chi connectivity index (χ2n) is 5.66. The zero-order chi connectivity index (χ0) is 11.6. The lowest BCUT2D eigenvalue weighted by Gasteiger charge is -2.46. The van der Waals surface area contributed by atoms with E-state index < -0.39 is 0 Å². The van der Waals surface area contributed by atoms with Crippen molar-refractivity contribution in [3.8, 4) is 0 Å². The molecule has 0 amide bonds. The van der Waals surface area contributed by atoms with Crippen LogP contribution >= 0.6 is 0 Å². The number of carbonyl (C=O) groups is 1. The SMILES string of the molecule is C/C=C/C(=O)C1[C@H](C)CC[C@@H](C)C1(C)C. The minimum Gasteiger partial charge on any atom is -0.295 e. The molecule has 0 aromatic rings. The lowest BCUT2D eigenvalue weighted by atomic mass is 9.58. The molecule has 1 heteroatoms. The van der Waals surface area contributed by atoms with Gasteiger partial charge < -0.3 is 0 Å². The molecule has 0 aromatic heterocycles. The van der Waals surface area contributed by atoms with Crippen LogP contribution in [0.2, 0.25) is 0 Å². The quantitative estimate of drug-likeness (QED) is 0.630. The molecule has 86 valence electrons. The molecule has 0 saturated heterocycles. The van der Waals surface area contributed by atoms with Gasteiger partial charge in [0.25, 0.3) is 0 Å². The maximum absolute atomic E-state index is 12.1. The zero-order valence-corrected chi connectivity index (χ0v) is 10.7. The van der Waals surface area contributed by atoms with Gasteiger partial charge in [0.1, 0.15) is 0 Å². The monoisotopic (exact) mass is 208 g/mol. The number of hydrogen-bond donors (Lipinski definition) is 0. The molecule has 1 unspecified atom stereocenters. The van der Waals surface area contributed by atoms with Gasteiger partial charge in [0, 0.05) is 5.92 Å². The van der Waals surface area contributed by atoms with Gasteiger partial charge in [-0.25, -0.2) is 0 Å². The highest BCUT2D eigenvalue weighted by Crippen LogP contribution is 2.48. The summed E-state index contributed by atoms with van der Waals surface area (Å²) in [4.78, 5) is 12.1. The van der Waals surface area contributed by atoms with Crippen molar-refractivity contribution in [2.75, 3.05) is 0 Å². The largest absolute Gasteiger partial charge is 0.295 e. The van der Waals surface area contributed by atoms with E-state index in [9.17, 15) is 4.79 Å². The highest BCUT2D eigenvalue weighted by Gasteiger charge is 2.44. The van der Waals surface area contributed by atoms with Crippen LogP contribution in [0.25, 0.3) is 0 Å². The van der Waals surface area contributed by atoms with E-state index in [4.69, 9.17) is 0 Å². The molecule has 0 N–H and O–H groups in total. The predicted molar refractivity (Wildman–Crippen MR) is 64.7 cm³/mol. The fourth-order valence-electron chi connectivity index (χ4n) is 3.01. The number of carbonyl (C=O) groups excluding carboxylic acids is 1. The Hall–Kier alpha value is -0.590. The molecule has 0 spiro atoms. The number of rotatable bonds is 2. The van der Waals surface area contributed by atoms with Gasteiger partial charge in [0.05, 0.1) is 0 Å². The molecule has 1 rings (SSSR count). The van der Waals surface area contributed by atoms with E-state index in [1.807, 2.05) is 13.0 Å². The second-order valence-corrected chi connectivity index (χ2v) is 5.66. The van der Waals surface area contributed by atoms with E-state index in [-0.39, 0.29) is 11.3 Å². The molecule has 15 heavy (non-hydrogen) atoms. The summed E-state index contributed by atoms with van der Waals surface area (Å²) in [5, 5.41) is 0. The Morgan fingerprint density at radius 3 is 2.40 bits per heavy atom. The van der Waals surface area contributed by atoms with Crippen LogP contribution in [0.5, 0.6) is 0 Å². The molecular formula is C14H24O. The standard InChI is InChI=1S/C14H24O/c1-6-7-12(15)13-10(2)8-9-11(3)14(13,4)5/h6-7,10-11,13H,8-9H2,1-5H3/b7-6+/t10-,11-,13?/m1/s1. The summed E-state index contributed by atoms with van der Waals surface area (Å²) < 4.78 is 0. The van der Waals surface area contributed by atoms with Crippen molar-refractivity contribution >= 4 is 5.78 Å². The Morgan fingerprint density at radius 1 is 1.27 bits per heavy atom. The van der Waals surface area contributed by atoms with E-state index in [2.05, 4.69) is 27.7 Å². The van der Waals surface area contributed by atoms with Gasteiger partial charge in [-0.2, -0.15) is 0 Å². The van der Waals surface area contributed by atoms with Crippen LogP contribution in [0.3, 0.4) is 0 Å². The lowest BCUT2D eigenvalue weighted by Crippen LogP contribution is -2.43. The third-order valence-electron chi connectivity index (χ3n) is 4.33. The maximum atomic E-state index is 12.1. The zero-order valence-electron chi connectivity index (χ0n) is 10.7. The van der Waals surface area contributed by atoms with Crippen LogP contribution in [0.15, 0.2) is 12.2 Å². The molecule has 3 atom stereocenters. The smallest absolute Gasteiger partial charge is 0.159 e. The highest BCUT2D eigenvalue weighted by molar-refractivity contribution is 5.92. The average molecular weight is 208 g/mol. The highest BCUT2D eigenvalue weighted by atomic mass is 16.1. The summed E-state index contributed by atoms with van der Waals surface area (Å²) in [7, 11) is 0. The molecular weight excluding hydrogens is 184 g/mol. The summed E-state index contributed by atoms with van der Waals surface area (Å²) in [6.07, 6.45) is 6.07. The third-order valence-corrected chi connectivity index (χ3v) is 4.33. The molecule has 0 heterocycles. The minimum absolute atomic E-state index is 0.147. The Morgan fingerprint density at radius 2 is 1.87 bits per heavy atom. The first-order chi connectivity index (χ1) is 6.91. The van der Waals surface area contributed by atoms with E-state index >= 15 is 0 Å². The number of hydrogen-bond acceptors (Lipinski definition) is 1. The van der Waals surface area contributed by atoms with Crippen molar-refractivity contribution in [2.24, 2.45) is 23.2 Å². The first-order valence-corrected chi connectivity index (χ1v) is 6.07. The van der Waals surface area contributed by atoms with Gasteiger partial charge >= 0.3 is 0 Å². The fourth-order valence-corrected chi connectivity index (χ4v) is 3.01. The van der Waals surface area contributed by atoms with Gasteiger partial charge in [-0.05, 0) is 43.1 Å². The average Bonchev–Trinajstić information content (AvgIpc) is 2.12. The van der Waals surface area contributed by atoms with Crippen LogP contribution in [0, 0.1) is 23.2 Å². The van der Waals surface area contributed by atoms with Crippen LogP contribution in [0.4, 0.5) is 0 Å². The molecule has 0 aliphatic heterocycles. The minimum atomic E-state index is 0.147. The molecule has 1 saturated carbocycles. The summed E-state index contributed by atoms with van der Waals surface area (Å²) in [6, 6.07) is 0. The van der Waals surface area contributed by atoms with Crippen molar-refractivity contribution in [1.82, 2.24) is 0 Å². The third kappa shape index (κ3) is 2.32. The Balaban J connectivity index is 2.95. The van der Waals surface area contributed by atoms with Crippen molar-refractivity contribution in [1.29, 1.82) is 0 Å². The van der Waals surface area contributed by atoms with Crippen molar-refractivity contribution in [2.45, 2.75) is 47.5 Å².